The van der Waals surface area contributed by atoms with Gasteiger partial charge in [0.2, 0.25) is 0 Å². The summed E-state index contributed by atoms with van der Waals surface area (Å²) in [5.74, 6) is 0. The molecule has 0 aromatic heterocycles. The Morgan fingerprint density at radius 3 is 1.35 bits per heavy atom. The maximum atomic E-state index is 2.40. The fourth-order valence-electron chi connectivity index (χ4n) is 3.35. The van der Waals surface area contributed by atoms with Crippen molar-refractivity contribution in [2.45, 2.75) is 0 Å². The Kier molecular flexibility index (Phi) is 4.62. The molecule has 5 rings (SSSR count). The molecule has 26 heavy (non-hydrogen) atoms. The standard InChI is InChI=1S/C24H16Te2/c1-3-7-19(8-4-1)25-21-15-13-17-11-12-18-14-16-22(24(21)23(17)18)26-20-9-5-2-6-10-20/h1-16H. The molecule has 0 aliphatic heterocycles. The number of rotatable bonds is 4. The molecule has 0 bridgehead atoms. The minimum atomic E-state index is -0.383. The molecule has 0 atom stereocenters. The Balaban J connectivity index is 1.68. The molecule has 0 saturated carbocycles. The maximum absolute atomic E-state index is 2.40. The van der Waals surface area contributed by atoms with Gasteiger partial charge in [-0.1, -0.05) is 0 Å². The van der Waals surface area contributed by atoms with E-state index >= 15 is 0 Å². The zero-order chi connectivity index (χ0) is 17.3. The summed E-state index contributed by atoms with van der Waals surface area (Å²) in [5, 5.41) is 3.05. The van der Waals surface area contributed by atoms with E-state index in [9.17, 15) is 0 Å². The summed E-state index contributed by atoms with van der Waals surface area (Å²) in [6, 6.07) is 31.5. The molecule has 0 amide bonds. The number of benzene rings is 4. The second kappa shape index (κ2) is 7.23. The van der Waals surface area contributed by atoms with Gasteiger partial charge in [0.1, 0.15) is 0 Å². The molecule has 1 aliphatic rings. The molecule has 0 radical (unpaired) electrons. The first-order valence-corrected chi connectivity index (χ1v) is 13.3. The minimum absolute atomic E-state index is 0.383. The van der Waals surface area contributed by atoms with E-state index in [-0.39, 0.29) is 41.8 Å². The zero-order valence-electron chi connectivity index (χ0n) is 14.1. The molecular weight excluding hydrogens is 543 g/mol. The topological polar surface area (TPSA) is 0 Å². The zero-order valence-corrected chi connectivity index (χ0v) is 18.7. The SMILES string of the molecule is C1=Cc2ccc([Te]c3ccccc3)c3c([Te]c4ccccc4)ccc1c23. The van der Waals surface area contributed by atoms with E-state index in [1.807, 2.05) is 0 Å². The van der Waals surface area contributed by atoms with E-state index in [1.165, 1.54) is 23.7 Å². The van der Waals surface area contributed by atoms with Crippen molar-refractivity contribution in [3.63, 3.8) is 0 Å². The Hall–Kier alpha value is -1.54. The van der Waals surface area contributed by atoms with Gasteiger partial charge in [0.25, 0.3) is 0 Å². The molecule has 0 heterocycles. The summed E-state index contributed by atoms with van der Waals surface area (Å²) in [6.45, 7) is 0. The molecule has 0 N–H and O–H groups in total. The van der Waals surface area contributed by atoms with E-state index in [1.54, 1.807) is 12.6 Å². The predicted molar refractivity (Wildman–Crippen MR) is 116 cm³/mol. The van der Waals surface area contributed by atoms with Gasteiger partial charge in [-0.25, -0.2) is 0 Å². The normalized spacial score (nSPS) is 12.0. The van der Waals surface area contributed by atoms with Gasteiger partial charge in [-0.2, -0.15) is 0 Å². The van der Waals surface area contributed by atoms with Gasteiger partial charge in [0.05, 0.1) is 0 Å². The van der Waals surface area contributed by atoms with Crippen LogP contribution in [-0.2, 0) is 0 Å². The summed E-state index contributed by atoms with van der Waals surface area (Å²) in [5.41, 5.74) is 2.78. The number of hydrogen-bond acceptors (Lipinski definition) is 0. The molecule has 2 heteroatoms. The second-order valence-corrected chi connectivity index (χ2v) is 12.6. The van der Waals surface area contributed by atoms with Crippen molar-refractivity contribution < 1.29 is 0 Å². The molecule has 0 nitrogen and oxygen atoms in total. The van der Waals surface area contributed by atoms with Crippen molar-refractivity contribution in [3.05, 3.63) is 96.1 Å². The van der Waals surface area contributed by atoms with Crippen molar-refractivity contribution >= 4 is 79.2 Å². The summed E-state index contributed by atoms with van der Waals surface area (Å²) in [4.78, 5) is 0. The molecular formula is C24H16Te2. The monoisotopic (exact) mass is 564 g/mol. The van der Waals surface area contributed by atoms with Crippen molar-refractivity contribution in [2.24, 2.45) is 0 Å². The Morgan fingerprint density at radius 1 is 0.423 bits per heavy atom. The van der Waals surface area contributed by atoms with Crippen molar-refractivity contribution in [2.75, 3.05) is 0 Å². The van der Waals surface area contributed by atoms with Crippen molar-refractivity contribution in [1.82, 2.24) is 0 Å². The van der Waals surface area contributed by atoms with Gasteiger partial charge >= 0.3 is 175 Å². The molecule has 0 spiro atoms. The van der Waals surface area contributed by atoms with Crippen molar-refractivity contribution in [1.29, 1.82) is 0 Å². The van der Waals surface area contributed by atoms with Gasteiger partial charge in [-0.15, -0.1) is 0 Å². The van der Waals surface area contributed by atoms with Crippen molar-refractivity contribution in [3.8, 4) is 0 Å². The number of hydrogen-bond donors (Lipinski definition) is 0. The van der Waals surface area contributed by atoms with E-state index < -0.39 is 0 Å². The Morgan fingerprint density at radius 2 is 0.885 bits per heavy atom. The van der Waals surface area contributed by atoms with Gasteiger partial charge in [0.15, 0.2) is 0 Å². The molecule has 4 aromatic rings. The predicted octanol–water partition coefficient (Wildman–Crippen LogP) is 2.63. The van der Waals surface area contributed by atoms with Crippen LogP contribution in [-0.4, -0.2) is 41.8 Å². The van der Waals surface area contributed by atoms with E-state index in [4.69, 9.17) is 0 Å². The van der Waals surface area contributed by atoms with Crippen LogP contribution in [0.5, 0.6) is 0 Å². The molecule has 0 saturated heterocycles. The van der Waals surface area contributed by atoms with Crippen LogP contribution in [0.15, 0.2) is 84.9 Å². The van der Waals surface area contributed by atoms with Crippen LogP contribution in [0.25, 0.3) is 22.9 Å². The van der Waals surface area contributed by atoms with E-state index in [0.717, 1.165) is 0 Å². The van der Waals surface area contributed by atoms with Crippen LogP contribution in [0.4, 0.5) is 0 Å². The summed E-state index contributed by atoms with van der Waals surface area (Å²) < 4.78 is 6.19. The van der Waals surface area contributed by atoms with Gasteiger partial charge < -0.3 is 0 Å². The molecule has 124 valence electrons. The van der Waals surface area contributed by atoms with Crippen LogP contribution in [0, 0.1) is 0 Å². The molecule has 4 aromatic carbocycles. The van der Waals surface area contributed by atoms with Crippen LogP contribution in [0.2, 0.25) is 0 Å². The van der Waals surface area contributed by atoms with Gasteiger partial charge in [-0.05, 0) is 0 Å². The van der Waals surface area contributed by atoms with Crippen LogP contribution in [0.1, 0.15) is 11.1 Å². The van der Waals surface area contributed by atoms with E-state index in [0.29, 0.717) is 0 Å². The average Bonchev–Trinajstić information content (AvgIpc) is 3.11. The summed E-state index contributed by atoms with van der Waals surface area (Å²) in [6.07, 6.45) is 4.55. The third kappa shape index (κ3) is 3.13. The fourth-order valence-corrected chi connectivity index (χ4v) is 9.66. The van der Waals surface area contributed by atoms with E-state index in [2.05, 4.69) is 97.1 Å². The van der Waals surface area contributed by atoms with Gasteiger partial charge in [-0.3, -0.25) is 0 Å². The Bertz CT molecular complexity index is 1030. The van der Waals surface area contributed by atoms with Crippen LogP contribution >= 0.6 is 0 Å². The first kappa shape index (κ1) is 16.6. The third-order valence-corrected chi connectivity index (χ3v) is 10.6. The Labute approximate surface area is 174 Å². The third-order valence-electron chi connectivity index (χ3n) is 4.53. The molecule has 0 fully saturated rings. The first-order valence-electron chi connectivity index (χ1n) is 8.62. The second-order valence-electron chi connectivity index (χ2n) is 6.22. The first-order chi connectivity index (χ1) is 12.9. The average molecular weight is 560 g/mol. The summed E-state index contributed by atoms with van der Waals surface area (Å²) >= 11 is -0.767. The van der Waals surface area contributed by atoms with Gasteiger partial charge in [0, 0.05) is 0 Å². The molecule has 1 aliphatic carbocycles. The molecule has 0 unspecified atom stereocenters. The quantitative estimate of drug-likeness (QED) is 0.297. The fraction of sp³-hybridized carbons (Fsp3) is 0. The van der Waals surface area contributed by atoms with Crippen LogP contribution < -0.4 is 14.4 Å². The van der Waals surface area contributed by atoms with Crippen LogP contribution in [0.3, 0.4) is 0 Å². The summed E-state index contributed by atoms with van der Waals surface area (Å²) in [7, 11) is 0.